The average Bonchev–Trinajstić information content (AvgIpc) is 3.36. The summed E-state index contributed by atoms with van der Waals surface area (Å²) >= 11 is 0. The second-order valence-electron chi connectivity index (χ2n) is 14.9. The molecule has 0 spiro atoms. The van der Waals surface area contributed by atoms with Crippen LogP contribution in [0.25, 0.3) is 106 Å². The first-order valence-electron chi connectivity index (χ1n) is 20.2. The van der Waals surface area contributed by atoms with Gasteiger partial charge in [0.25, 0.3) is 0 Å². The van der Waals surface area contributed by atoms with Gasteiger partial charge in [-0.25, -0.2) is 24.8 Å². The van der Waals surface area contributed by atoms with Gasteiger partial charge in [-0.1, -0.05) is 152 Å². The van der Waals surface area contributed by atoms with E-state index in [2.05, 4.69) is 114 Å². The van der Waals surface area contributed by atoms with E-state index in [9.17, 15) is 5.26 Å². The van der Waals surface area contributed by atoms with Gasteiger partial charge < -0.3 is 0 Å². The summed E-state index contributed by atoms with van der Waals surface area (Å²) in [6.45, 7) is 7.77. The summed E-state index contributed by atoms with van der Waals surface area (Å²) in [5, 5.41) is 11.9. The second kappa shape index (κ2) is 16.4. The number of benzene rings is 8. The molecule has 0 amide bonds. The smallest absolute Gasteiger partial charge is 0.187 e. The molecule has 0 saturated heterocycles. The lowest BCUT2D eigenvalue weighted by Crippen LogP contribution is -2.03. The Balaban J connectivity index is 1.27. The Kier molecular flexibility index (Phi) is 9.92. The van der Waals surface area contributed by atoms with Crippen LogP contribution in [0.4, 0.5) is 5.69 Å². The topological polar surface area (TPSA) is 79.7 Å². The third kappa shape index (κ3) is 7.37. The fraction of sp³-hybridized carbons (Fsp3) is 0. The van der Waals surface area contributed by atoms with Gasteiger partial charge in [-0.05, 0) is 93.2 Å². The molecule has 0 fully saturated rings. The second-order valence-corrected chi connectivity index (χ2v) is 14.9. The molecule has 6 heteroatoms. The maximum absolute atomic E-state index is 9.67. The van der Waals surface area contributed by atoms with Crippen molar-refractivity contribution in [3.63, 3.8) is 0 Å². The Hall–Kier alpha value is -8.84. The van der Waals surface area contributed by atoms with Crippen LogP contribution in [0.1, 0.15) is 5.56 Å². The van der Waals surface area contributed by atoms with Crippen LogP contribution in [0.15, 0.2) is 206 Å². The largest absolute Gasteiger partial charge is 0.246 e. The monoisotopic (exact) mass is 790 g/mol. The molecule has 0 unspecified atom stereocenters. The van der Waals surface area contributed by atoms with Crippen molar-refractivity contribution in [2.75, 3.05) is 0 Å². The molecule has 0 N–H and O–H groups in total. The number of nitriles is 1. The Morgan fingerprint density at radius 2 is 0.919 bits per heavy atom. The Labute approximate surface area is 359 Å². The van der Waals surface area contributed by atoms with E-state index in [1.807, 2.05) is 91.0 Å². The molecule has 62 heavy (non-hydrogen) atoms. The standard InChI is InChI=1S/C56H34N6/c1-58-47-24-13-23-43(34-47)44-31-45(49-26-14-22-38-17-11-12-25-48(38)49)33-46(32-44)55-60-54(42-29-27-37(36-57)28-30-42)61-56(62-55)51-35-50(39-15-5-2-6-16-39)52(40-18-7-3-8-19-40)59-53(51)41-20-9-4-10-21-41/h2-35H. The van der Waals surface area contributed by atoms with Crippen LogP contribution >= 0.6 is 0 Å². The summed E-state index contributed by atoms with van der Waals surface area (Å²) in [5.74, 6) is 1.37. The SMILES string of the molecule is [C-]#[N+]c1cccc(-c2cc(-c3nc(-c4ccc(C#N)cc4)nc(-c4cc(-c5ccccc5)c(-c5ccccc5)nc4-c4ccccc4)n3)cc(-c3cccc4ccccc34)c2)c1. The molecule has 0 bridgehead atoms. The van der Waals surface area contributed by atoms with Gasteiger partial charge in [-0.3, -0.25) is 0 Å². The molecule has 8 aromatic carbocycles. The van der Waals surface area contributed by atoms with Crippen molar-refractivity contribution in [2.45, 2.75) is 0 Å². The minimum Gasteiger partial charge on any atom is -0.246 e. The van der Waals surface area contributed by atoms with Crippen molar-refractivity contribution in [3.8, 4) is 96.1 Å². The molecule has 10 aromatic rings. The third-order valence-electron chi connectivity index (χ3n) is 11.0. The van der Waals surface area contributed by atoms with Crippen LogP contribution in [-0.4, -0.2) is 19.9 Å². The van der Waals surface area contributed by atoms with Crippen molar-refractivity contribution in [2.24, 2.45) is 0 Å². The van der Waals surface area contributed by atoms with Crippen LogP contribution in [0.2, 0.25) is 0 Å². The Morgan fingerprint density at radius 3 is 1.61 bits per heavy atom. The number of pyridine rings is 1. The molecule has 0 aliphatic carbocycles. The van der Waals surface area contributed by atoms with Gasteiger partial charge in [-0.2, -0.15) is 5.26 Å². The van der Waals surface area contributed by atoms with E-state index in [1.54, 1.807) is 12.1 Å². The molecule has 10 rings (SSSR count). The molecule has 288 valence electrons. The first-order chi connectivity index (χ1) is 30.6. The van der Waals surface area contributed by atoms with Crippen molar-refractivity contribution >= 4 is 16.5 Å². The number of hydrogen-bond acceptors (Lipinski definition) is 5. The number of nitrogens with zero attached hydrogens (tertiary/aromatic N) is 6. The molecular weight excluding hydrogens is 757 g/mol. The van der Waals surface area contributed by atoms with Gasteiger partial charge in [0.2, 0.25) is 0 Å². The molecular formula is C56H34N6. The van der Waals surface area contributed by atoms with Crippen LogP contribution < -0.4 is 0 Å². The van der Waals surface area contributed by atoms with E-state index >= 15 is 0 Å². The van der Waals surface area contributed by atoms with Gasteiger partial charge in [0.15, 0.2) is 23.2 Å². The summed E-state index contributed by atoms with van der Waals surface area (Å²) in [5.41, 5.74) is 12.6. The zero-order valence-corrected chi connectivity index (χ0v) is 33.3. The number of hydrogen-bond donors (Lipinski definition) is 0. The maximum atomic E-state index is 9.67. The van der Waals surface area contributed by atoms with Crippen LogP contribution in [-0.2, 0) is 0 Å². The summed E-state index contributed by atoms with van der Waals surface area (Å²) in [6, 6.07) is 71.1. The van der Waals surface area contributed by atoms with Crippen molar-refractivity contribution in [1.82, 2.24) is 19.9 Å². The highest BCUT2D eigenvalue weighted by molar-refractivity contribution is 5.98. The molecule has 0 aliphatic heterocycles. The first-order valence-corrected chi connectivity index (χ1v) is 20.2. The fourth-order valence-corrected chi connectivity index (χ4v) is 7.91. The minimum atomic E-state index is 0.449. The molecule has 0 radical (unpaired) electrons. The molecule has 0 saturated carbocycles. The highest BCUT2D eigenvalue weighted by Crippen LogP contribution is 2.41. The normalized spacial score (nSPS) is 10.9. The lowest BCUT2D eigenvalue weighted by Gasteiger charge is -2.17. The molecule has 0 aliphatic rings. The zero-order chi connectivity index (χ0) is 41.8. The summed E-state index contributed by atoms with van der Waals surface area (Å²) in [6.07, 6.45) is 0. The van der Waals surface area contributed by atoms with Gasteiger partial charge in [0.05, 0.1) is 29.6 Å². The molecule has 2 aromatic heterocycles. The predicted octanol–water partition coefficient (Wildman–Crippen LogP) is 14.2. The molecule has 0 atom stereocenters. The average molecular weight is 791 g/mol. The summed E-state index contributed by atoms with van der Waals surface area (Å²) in [4.78, 5) is 25.0. The van der Waals surface area contributed by atoms with Gasteiger partial charge in [0, 0.05) is 33.4 Å². The van der Waals surface area contributed by atoms with Gasteiger partial charge in [0.1, 0.15) is 0 Å². The Morgan fingerprint density at radius 1 is 0.371 bits per heavy atom. The highest BCUT2D eigenvalue weighted by atomic mass is 15.0. The summed E-state index contributed by atoms with van der Waals surface area (Å²) in [7, 11) is 0. The van der Waals surface area contributed by atoms with E-state index in [-0.39, 0.29) is 0 Å². The first kappa shape index (κ1) is 37.4. The number of aromatic nitrogens is 4. The minimum absolute atomic E-state index is 0.449. The number of rotatable bonds is 8. The van der Waals surface area contributed by atoms with E-state index < -0.39 is 0 Å². The third-order valence-corrected chi connectivity index (χ3v) is 11.0. The Bertz CT molecular complexity index is 3350. The molecule has 6 nitrogen and oxygen atoms in total. The lowest BCUT2D eigenvalue weighted by molar-refractivity contribution is 1.07. The van der Waals surface area contributed by atoms with Gasteiger partial charge >= 0.3 is 0 Å². The number of fused-ring (bicyclic) bond motifs is 1. The predicted molar refractivity (Wildman–Crippen MR) is 250 cm³/mol. The van der Waals surface area contributed by atoms with Crippen molar-refractivity contribution in [3.05, 3.63) is 223 Å². The van der Waals surface area contributed by atoms with E-state index in [0.29, 0.717) is 28.7 Å². The van der Waals surface area contributed by atoms with Crippen molar-refractivity contribution in [1.29, 1.82) is 5.26 Å². The summed E-state index contributed by atoms with van der Waals surface area (Å²) < 4.78 is 0. The quantitative estimate of drug-likeness (QED) is 0.143. The van der Waals surface area contributed by atoms with E-state index in [1.165, 1.54) is 0 Å². The molecule has 2 heterocycles. The van der Waals surface area contributed by atoms with Gasteiger partial charge in [-0.15, -0.1) is 0 Å². The van der Waals surface area contributed by atoms with E-state index in [4.69, 9.17) is 26.5 Å². The maximum Gasteiger partial charge on any atom is 0.187 e. The van der Waals surface area contributed by atoms with Crippen molar-refractivity contribution < 1.29 is 0 Å². The highest BCUT2D eigenvalue weighted by Gasteiger charge is 2.22. The van der Waals surface area contributed by atoms with Crippen LogP contribution in [0.3, 0.4) is 0 Å². The fourth-order valence-electron chi connectivity index (χ4n) is 7.91. The lowest BCUT2D eigenvalue weighted by atomic mass is 9.92. The van der Waals surface area contributed by atoms with E-state index in [0.717, 1.165) is 83.4 Å². The van der Waals surface area contributed by atoms with Crippen LogP contribution in [0.5, 0.6) is 0 Å². The van der Waals surface area contributed by atoms with Crippen LogP contribution in [0, 0.1) is 17.9 Å². The zero-order valence-electron chi connectivity index (χ0n) is 33.3.